The molecule has 1 aliphatic carbocycles. The van der Waals surface area contributed by atoms with Gasteiger partial charge in [-0.3, -0.25) is 4.79 Å². The van der Waals surface area contributed by atoms with Crippen molar-refractivity contribution in [3.8, 4) is 0 Å². The summed E-state index contributed by atoms with van der Waals surface area (Å²) >= 11 is 5.61. The summed E-state index contributed by atoms with van der Waals surface area (Å²) in [5.41, 5.74) is 0. The molecule has 3 nitrogen and oxygen atoms in total. The summed E-state index contributed by atoms with van der Waals surface area (Å²) in [5, 5.41) is 0. The fourth-order valence-electron chi connectivity index (χ4n) is 3.27. The quantitative estimate of drug-likeness (QED) is 0.702. The van der Waals surface area contributed by atoms with Crippen LogP contribution in [-0.4, -0.2) is 42.5 Å². The highest BCUT2D eigenvalue weighted by Gasteiger charge is 2.24. The van der Waals surface area contributed by atoms with Crippen LogP contribution in [0.25, 0.3) is 0 Å². The average molecular weight is 288 g/mol. The van der Waals surface area contributed by atoms with Crippen molar-refractivity contribution in [2.45, 2.75) is 57.5 Å². The molecule has 2 fully saturated rings. The largest absolute Gasteiger partial charge is 0.377 e. The van der Waals surface area contributed by atoms with E-state index in [1.807, 2.05) is 4.90 Å². The van der Waals surface area contributed by atoms with E-state index in [0.29, 0.717) is 24.5 Å². The molecule has 1 saturated heterocycles. The first-order valence-electron chi connectivity index (χ1n) is 7.75. The smallest absolute Gasteiger partial charge is 0.222 e. The van der Waals surface area contributed by atoms with Crippen LogP contribution in [0.5, 0.6) is 0 Å². The molecule has 0 N–H and O–H groups in total. The molecule has 1 saturated carbocycles. The van der Waals surface area contributed by atoms with Crippen LogP contribution in [0.4, 0.5) is 0 Å². The van der Waals surface area contributed by atoms with Gasteiger partial charge in [0.2, 0.25) is 5.91 Å². The summed E-state index contributed by atoms with van der Waals surface area (Å²) in [6, 6.07) is 0. The first-order valence-corrected chi connectivity index (χ1v) is 8.28. The standard InChI is InChI=1S/C15H26ClNO2/c16-9-12-19-14-7-10-17(11-8-14)15(18)6-5-13-3-1-2-4-13/h13-14H,1-12H2. The molecule has 0 atom stereocenters. The second-order valence-corrected chi connectivity index (χ2v) is 6.21. The Morgan fingerprint density at radius 2 is 1.84 bits per heavy atom. The molecule has 1 aliphatic heterocycles. The van der Waals surface area contributed by atoms with Gasteiger partial charge in [-0.05, 0) is 25.2 Å². The van der Waals surface area contributed by atoms with Crippen LogP contribution in [-0.2, 0) is 9.53 Å². The Kier molecular flexibility index (Phi) is 6.45. The SMILES string of the molecule is O=C(CCC1CCCC1)N1CCC(OCCCl)CC1. The van der Waals surface area contributed by atoms with Crippen LogP contribution in [0.3, 0.4) is 0 Å². The molecule has 0 aromatic carbocycles. The summed E-state index contributed by atoms with van der Waals surface area (Å²) in [6.07, 6.45) is 9.48. The highest BCUT2D eigenvalue weighted by molar-refractivity contribution is 6.17. The molecule has 0 unspecified atom stereocenters. The fraction of sp³-hybridized carbons (Fsp3) is 0.933. The second-order valence-electron chi connectivity index (χ2n) is 5.83. The van der Waals surface area contributed by atoms with Crippen molar-refractivity contribution >= 4 is 17.5 Å². The Labute approximate surface area is 121 Å². The predicted octanol–water partition coefficient (Wildman–Crippen LogP) is 3.20. The van der Waals surface area contributed by atoms with E-state index in [1.54, 1.807) is 0 Å². The molecular formula is C15H26ClNO2. The van der Waals surface area contributed by atoms with Gasteiger partial charge in [0.1, 0.15) is 0 Å². The third-order valence-electron chi connectivity index (χ3n) is 4.47. The van der Waals surface area contributed by atoms with Gasteiger partial charge in [-0.2, -0.15) is 0 Å². The van der Waals surface area contributed by atoms with E-state index in [9.17, 15) is 4.79 Å². The van der Waals surface area contributed by atoms with Gasteiger partial charge in [0.25, 0.3) is 0 Å². The molecule has 2 rings (SSSR count). The van der Waals surface area contributed by atoms with Gasteiger partial charge in [-0.15, -0.1) is 11.6 Å². The van der Waals surface area contributed by atoms with Crippen molar-refractivity contribution in [3.63, 3.8) is 0 Å². The zero-order valence-corrected chi connectivity index (χ0v) is 12.5. The number of amides is 1. The number of carbonyl (C=O) groups is 1. The lowest BCUT2D eigenvalue weighted by molar-refractivity contribution is -0.134. The first kappa shape index (κ1) is 15.1. The van der Waals surface area contributed by atoms with Gasteiger partial charge in [0, 0.05) is 25.4 Å². The monoisotopic (exact) mass is 287 g/mol. The molecule has 0 aromatic heterocycles. The Hall–Kier alpha value is -0.280. The summed E-state index contributed by atoms with van der Waals surface area (Å²) in [5.74, 6) is 1.72. The number of nitrogens with zero attached hydrogens (tertiary/aromatic N) is 1. The van der Waals surface area contributed by atoms with Crippen molar-refractivity contribution in [2.24, 2.45) is 5.92 Å². The zero-order valence-electron chi connectivity index (χ0n) is 11.8. The maximum Gasteiger partial charge on any atom is 0.222 e. The van der Waals surface area contributed by atoms with E-state index in [0.717, 1.165) is 44.7 Å². The number of piperidine rings is 1. The van der Waals surface area contributed by atoms with Crippen molar-refractivity contribution in [1.82, 2.24) is 4.90 Å². The van der Waals surface area contributed by atoms with Gasteiger partial charge in [-0.25, -0.2) is 0 Å². The van der Waals surface area contributed by atoms with Crippen LogP contribution < -0.4 is 0 Å². The van der Waals surface area contributed by atoms with E-state index in [1.165, 1.54) is 25.7 Å². The molecule has 110 valence electrons. The second kappa shape index (κ2) is 8.11. The maximum atomic E-state index is 12.1. The van der Waals surface area contributed by atoms with E-state index in [4.69, 9.17) is 16.3 Å². The van der Waals surface area contributed by atoms with Gasteiger partial charge in [0.05, 0.1) is 12.7 Å². The molecule has 0 aromatic rings. The summed E-state index contributed by atoms with van der Waals surface area (Å²) in [6.45, 7) is 2.34. The summed E-state index contributed by atoms with van der Waals surface area (Å²) in [4.78, 5) is 14.2. The Balaban J connectivity index is 1.61. The van der Waals surface area contributed by atoms with Crippen molar-refractivity contribution in [2.75, 3.05) is 25.6 Å². The number of alkyl halides is 1. The number of rotatable bonds is 6. The third-order valence-corrected chi connectivity index (χ3v) is 4.62. The number of carbonyl (C=O) groups excluding carboxylic acids is 1. The molecule has 1 heterocycles. The summed E-state index contributed by atoms with van der Waals surface area (Å²) < 4.78 is 5.63. The Bertz CT molecular complexity index is 271. The lowest BCUT2D eigenvalue weighted by Crippen LogP contribution is -2.41. The van der Waals surface area contributed by atoms with Crippen molar-refractivity contribution < 1.29 is 9.53 Å². The molecule has 0 spiro atoms. The number of ether oxygens (including phenoxy) is 1. The van der Waals surface area contributed by atoms with E-state index >= 15 is 0 Å². The molecule has 0 radical (unpaired) electrons. The minimum absolute atomic E-state index is 0.303. The Morgan fingerprint density at radius 3 is 2.47 bits per heavy atom. The van der Waals surface area contributed by atoms with E-state index in [2.05, 4.69) is 0 Å². The highest BCUT2D eigenvalue weighted by atomic mass is 35.5. The van der Waals surface area contributed by atoms with Crippen LogP contribution >= 0.6 is 11.6 Å². The molecule has 19 heavy (non-hydrogen) atoms. The van der Waals surface area contributed by atoms with Gasteiger partial charge in [0.15, 0.2) is 0 Å². The van der Waals surface area contributed by atoms with E-state index < -0.39 is 0 Å². The van der Waals surface area contributed by atoms with Crippen molar-refractivity contribution in [3.05, 3.63) is 0 Å². The normalized spacial score (nSPS) is 22.1. The topological polar surface area (TPSA) is 29.5 Å². The molecule has 1 amide bonds. The van der Waals surface area contributed by atoms with Crippen molar-refractivity contribution in [1.29, 1.82) is 0 Å². The number of halogens is 1. The molecule has 2 aliphatic rings. The number of hydrogen-bond donors (Lipinski definition) is 0. The number of hydrogen-bond acceptors (Lipinski definition) is 2. The molecule has 0 bridgehead atoms. The van der Waals surface area contributed by atoms with Crippen LogP contribution in [0.2, 0.25) is 0 Å². The predicted molar refractivity (Wildman–Crippen MR) is 77.5 cm³/mol. The average Bonchev–Trinajstić information content (AvgIpc) is 2.96. The minimum atomic E-state index is 0.303. The first-order chi connectivity index (χ1) is 9.29. The van der Waals surface area contributed by atoms with Crippen LogP contribution in [0.1, 0.15) is 51.4 Å². The fourth-order valence-corrected chi connectivity index (χ4v) is 3.36. The lowest BCUT2D eigenvalue weighted by Gasteiger charge is -2.32. The van der Waals surface area contributed by atoms with Gasteiger partial charge >= 0.3 is 0 Å². The summed E-state index contributed by atoms with van der Waals surface area (Å²) in [7, 11) is 0. The molecular weight excluding hydrogens is 262 g/mol. The zero-order chi connectivity index (χ0) is 13.5. The molecule has 4 heteroatoms. The maximum absolute atomic E-state index is 12.1. The van der Waals surface area contributed by atoms with E-state index in [-0.39, 0.29) is 0 Å². The van der Waals surface area contributed by atoms with Gasteiger partial charge < -0.3 is 9.64 Å². The Morgan fingerprint density at radius 1 is 1.16 bits per heavy atom. The van der Waals surface area contributed by atoms with Gasteiger partial charge in [-0.1, -0.05) is 25.7 Å². The lowest BCUT2D eigenvalue weighted by atomic mass is 10.0. The number of likely N-dealkylation sites (tertiary alicyclic amines) is 1. The third kappa shape index (κ3) is 4.96. The van der Waals surface area contributed by atoms with Crippen LogP contribution in [0.15, 0.2) is 0 Å². The minimum Gasteiger partial charge on any atom is -0.377 e. The van der Waals surface area contributed by atoms with Crippen LogP contribution in [0, 0.1) is 5.92 Å². The highest BCUT2D eigenvalue weighted by Crippen LogP contribution is 2.29.